The zero-order valence-electron chi connectivity index (χ0n) is 12.8. The van der Waals surface area contributed by atoms with Gasteiger partial charge < -0.3 is 4.74 Å². The summed E-state index contributed by atoms with van der Waals surface area (Å²) in [6.45, 7) is 1.68. The number of aromatic nitrogens is 1. The SMILES string of the molecule is CCOC(=O)C1(I)C(c2ccc3ccccc3n2)=NN=C1S(=O)(=O)Cl. The molecule has 1 aliphatic heterocycles. The summed E-state index contributed by atoms with van der Waals surface area (Å²) in [5, 5.41) is 7.84. The number of hydrogen-bond acceptors (Lipinski definition) is 7. The molecule has 1 atom stereocenters. The van der Waals surface area contributed by atoms with Crippen LogP contribution in [-0.4, -0.2) is 40.2 Å². The topological polar surface area (TPSA) is 98.0 Å². The number of carbonyl (C=O) groups is 1. The lowest BCUT2D eigenvalue weighted by Gasteiger charge is -2.21. The molecule has 0 saturated carbocycles. The van der Waals surface area contributed by atoms with Crippen molar-refractivity contribution in [1.29, 1.82) is 0 Å². The summed E-state index contributed by atoms with van der Waals surface area (Å²) >= 11 is 1.65. The van der Waals surface area contributed by atoms with Gasteiger partial charge >= 0.3 is 5.97 Å². The average Bonchev–Trinajstić information content (AvgIpc) is 2.93. The van der Waals surface area contributed by atoms with Crippen LogP contribution in [0.15, 0.2) is 46.6 Å². The predicted octanol–water partition coefficient (Wildman–Crippen LogP) is 2.66. The van der Waals surface area contributed by atoms with E-state index < -0.39 is 23.5 Å². The third-order valence-electron chi connectivity index (χ3n) is 3.49. The van der Waals surface area contributed by atoms with Gasteiger partial charge in [0, 0.05) is 16.1 Å². The molecule has 0 N–H and O–H groups in total. The minimum atomic E-state index is -4.29. The first kappa shape index (κ1) is 18.2. The Bertz CT molecular complexity index is 1040. The molecule has 0 saturated heterocycles. The maximum atomic E-state index is 12.5. The van der Waals surface area contributed by atoms with Gasteiger partial charge in [0.25, 0.3) is 9.05 Å². The second kappa shape index (κ2) is 6.61. The van der Waals surface area contributed by atoms with Gasteiger partial charge in [-0.05, 0) is 19.1 Å². The van der Waals surface area contributed by atoms with Crippen molar-refractivity contribution in [2.75, 3.05) is 6.61 Å². The first-order valence-corrected chi connectivity index (χ1v) is 10.5. The third-order valence-corrected chi connectivity index (χ3v) is 6.61. The van der Waals surface area contributed by atoms with Crippen LogP contribution >= 0.6 is 33.3 Å². The standard InChI is InChI=1S/C15H11ClIN3O4S/c1-2-24-14(21)15(17)12(19-20-13(15)25(16,22)23)11-8-7-9-5-3-4-6-10(9)18-11/h3-8H,2H2,1H3. The molecule has 0 amide bonds. The number of carbonyl (C=O) groups excluding carboxylic acids is 1. The van der Waals surface area contributed by atoms with Gasteiger partial charge in [-0.3, -0.25) is 0 Å². The van der Waals surface area contributed by atoms with Crippen molar-refractivity contribution in [2.24, 2.45) is 10.2 Å². The maximum Gasteiger partial charge on any atom is 0.335 e. The molecule has 0 spiro atoms. The molecule has 2 heterocycles. The van der Waals surface area contributed by atoms with E-state index in [0.29, 0.717) is 11.2 Å². The molecule has 1 aromatic heterocycles. The highest BCUT2D eigenvalue weighted by atomic mass is 127. The number of pyridine rings is 1. The fourth-order valence-electron chi connectivity index (χ4n) is 2.39. The van der Waals surface area contributed by atoms with Gasteiger partial charge in [0.2, 0.25) is 8.47 Å². The Hall–Kier alpha value is -1.59. The molecule has 0 radical (unpaired) electrons. The van der Waals surface area contributed by atoms with E-state index in [9.17, 15) is 13.2 Å². The number of rotatable bonds is 3. The van der Waals surface area contributed by atoms with E-state index in [0.717, 1.165) is 5.39 Å². The van der Waals surface area contributed by atoms with Crippen molar-refractivity contribution in [2.45, 2.75) is 10.3 Å². The molecular formula is C15H11ClIN3O4S. The number of benzene rings is 1. The van der Waals surface area contributed by atoms with Crippen LogP contribution in [0.4, 0.5) is 0 Å². The summed E-state index contributed by atoms with van der Waals surface area (Å²) in [5.41, 5.74) is 1.06. The predicted molar refractivity (Wildman–Crippen MR) is 104 cm³/mol. The molecule has 1 aliphatic rings. The number of nitrogens with zero attached hydrogens (tertiary/aromatic N) is 3. The normalized spacial score (nSPS) is 20.3. The van der Waals surface area contributed by atoms with Crippen molar-refractivity contribution in [3.05, 3.63) is 42.1 Å². The molecule has 3 rings (SSSR count). The van der Waals surface area contributed by atoms with E-state index >= 15 is 0 Å². The van der Waals surface area contributed by atoms with E-state index in [1.54, 1.807) is 47.7 Å². The minimum Gasteiger partial charge on any atom is -0.464 e. The van der Waals surface area contributed by atoms with E-state index in [2.05, 4.69) is 15.2 Å². The number of para-hydroxylation sites is 1. The van der Waals surface area contributed by atoms with Gasteiger partial charge in [-0.15, -0.1) is 10.2 Å². The van der Waals surface area contributed by atoms with E-state index in [4.69, 9.17) is 15.4 Å². The summed E-state index contributed by atoms with van der Waals surface area (Å²) in [6.07, 6.45) is 0. The highest BCUT2D eigenvalue weighted by Gasteiger charge is 2.56. The highest BCUT2D eigenvalue weighted by Crippen LogP contribution is 2.36. The summed E-state index contributed by atoms with van der Waals surface area (Å²) in [7, 11) is 1.17. The number of esters is 1. The van der Waals surface area contributed by atoms with E-state index in [1.165, 1.54) is 0 Å². The van der Waals surface area contributed by atoms with Crippen molar-refractivity contribution in [3.63, 3.8) is 0 Å². The quantitative estimate of drug-likeness (QED) is 0.285. The smallest absolute Gasteiger partial charge is 0.335 e. The van der Waals surface area contributed by atoms with Gasteiger partial charge in [0.15, 0.2) is 0 Å². The van der Waals surface area contributed by atoms with Gasteiger partial charge in [-0.25, -0.2) is 18.2 Å². The number of alkyl halides is 1. The number of fused-ring (bicyclic) bond motifs is 1. The van der Waals surface area contributed by atoms with Gasteiger partial charge in [0.1, 0.15) is 5.71 Å². The fraction of sp³-hybridized carbons (Fsp3) is 0.200. The van der Waals surface area contributed by atoms with Crippen LogP contribution < -0.4 is 0 Å². The molecule has 10 heteroatoms. The summed E-state index contributed by atoms with van der Waals surface area (Å²) in [4.78, 5) is 17.0. The second-order valence-electron chi connectivity index (χ2n) is 5.06. The van der Waals surface area contributed by atoms with E-state index in [-0.39, 0.29) is 12.3 Å². The Kier molecular flexibility index (Phi) is 4.82. The Labute approximate surface area is 161 Å². The molecule has 0 bridgehead atoms. The molecule has 1 unspecified atom stereocenters. The zero-order chi connectivity index (χ0) is 18.2. The maximum absolute atomic E-state index is 12.5. The van der Waals surface area contributed by atoms with Crippen LogP contribution in [0, 0.1) is 0 Å². The lowest BCUT2D eigenvalue weighted by Crippen LogP contribution is -2.49. The van der Waals surface area contributed by atoms with Crippen LogP contribution in [0.1, 0.15) is 12.6 Å². The number of halogens is 2. The van der Waals surface area contributed by atoms with Crippen molar-refractivity contribution in [3.8, 4) is 0 Å². The molecule has 25 heavy (non-hydrogen) atoms. The van der Waals surface area contributed by atoms with E-state index in [1.807, 2.05) is 18.2 Å². The summed E-state index contributed by atoms with van der Waals surface area (Å²) < 4.78 is 27.0. The first-order chi connectivity index (χ1) is 11.8. The van der Waals surface area contributed by atoms with Crippen molar-refractivity contribution >= 4 is 70.0 Å². The lowest BCUT2D eigenvalue weighted by atomic mass is 10.0. The lowest BCUT2D eigenvalue weighted by molar-refractivity contribution is -0.141. The molecular weight excluding hydrogens is 481 g/mol. The Morgan fingerprint density at radius 2 is 1.96 bits per heavy atom. The van der Waals surface area contributed by atoms with Crippen molar-refractivity contribution < 1.29 is 17.9 Å². The monoisotopic (exact) mass is 491 g/mol. The molecule has 1 aromatic carbocycles. The Morgan fingerprint density at radius 3 is 2.64 bits per heavy atom. The van der Waals surface area contributed by atoms with Crippen molar-refractivity contribution in [1.82, 2.24) is 4.98 Å². The fourth-order valence-corrected chi connectivity index (χ4v) is 5.39. The zero-order valence-corrected chi connectivity index (χ0v) is 16.5. The molecule has 0 fully saturated rings. The van der Waals surface area contributed by atoms with Crippen LogP contribution in [0.2, 0.25) is 0 Å². The van der Waals surface area contributed by atoms with Crippen LogP contribution in [0.25, 0.3) is 10.9 Å². The molecule has 0 aliphatic carbocycles. The Balaban J connectivity index is 2.15. The first-order valence-electron chi connectivity index (χ1n) is 7.12. The molecule has 7 nitrogen and oxygen atoms in total. The highest BCUT2D eigenvalue weighted by molar-refractivity contribution is 14.1. The number of hydrogen-bond donors (Lipinski definition) is 0. The van der Waals surface area contributed by atoms with Gasteiger partial charge in [-0.1, -0.05) is 46.9 Å². The van der Waals surface area contributed by atoms with Crippen LogP contribution in [-0.2, 0) is 18.6 Å². The second-order valence-corrected chi connectivity index (χ2v) is 9.16. The third kappa shape index (κ3) is 3.15. The van der Waals surface area contributed by atoms with Gasteiger partial charge in [0.05, 0.1) is 17.8 Å². The number of ether oxygens (including phenoxy) is 1. The summed E-state index contributed by atoms with van der Waals surface area (Å²) in [6, 6.07) is 10.8. The largest absolute Gasteiger partial charge is 0.464 e. The van der Waals surface area contributed by atoms with Crippen LogP contribution in [0.5, 0.6) is 0 Å². The minimum absolute atomic E-state index is 0.0662. The molecule has 130 valence electrons. The Morgan fingerprint density at radius 1 is 1.24 bits per heavy atom. The average molecular weight is 492 g/mol. The molecule has 2 aromatic rings. The van der Waals surface area contributed by atoms with Crippen LogP contribution in [0.3, 0.4) is 0 Å². The van der Waals surface area contributed by atoms with Gasteiger partial charge in [-0.2, -0.15) is 0 Å². The summed E-state index contributed by atoms with van der Waals surface area (Å²) in [5.74, 6) is -0.815.